The highest BCUT2D eigenvalue weighted by Crippen LogP contribution is 2.24. The Morgan fingerprint density at radius 1 is 1.12 bits per heavy atom. The minimum absolute atomic E-state index is 0.164. The number of amides is 1. The smallest absolute Gasteiger partial charge is 0.254 e. The molecule has 2 fully saturated rings. The summed E-state index contributed by atoms with van der Waals surface area (Å²) < 4.78 is 5.27. The maximum atomic E-state index is 13.0. The second kappa shape index (κ2) is 8.52. The molecule has 2 aliphatic heterocycles. The molecule has 0 saturated carbocycles. The first-order chi connectivity index (χ1) is 11.8. The fraction of sp³-hybridized carbons (Fsp3) is 0.650. The highest BCUT2D eigenvalue weighted by Gasteiger charge is 2.28. The van der Waals surface area contributed by atoms with Crippen molar-refractivity contribution in [2.75, 3.05) is 33.3 Å². The van der Waals surface area contributed by atoms with Crippen LogP contribution in [0.15, 0.2) is 24.3 Å². The number of ether oxygens (including phenoxy) is 1. The summed E-state index contributed by atoms with van der Waals surface area (Å²) >= 11 is 0. The quantitative estimate of drug-likeness (QED) is 0.827. The van der Waals surface area contributed by atoms with Gasteiger partial charge in [0.1, 0.15) is 5.75 Å². The molecule has 0 aromatic heterocycles. The van der Waals surface area contributed by atoms with E-state index in [-0.39, 0.29) is 5.91 Å². The topological polar surface area (TPSA) is 32.8 Å². The number of hydrogen-bond donors (Lipinski definition) is 0. The highest BCUT2D eigenvalue weighted by molar-refractivity contribution is 5.94. The lowest BCUT2D eigenvalue weighted by Gasteiger charge is -2.37. The van der Waals surface area contributed by atoms with Gasteiger partial charge >= 0.3 is 0 Å². The SMILES string of the molecule is COc1cccc(C(=O)N2CCCC[C@@H]2CCN2CCCCC2)c1. The molecular formula is C20H30N2O2. The molecule has 0 unspecified atom stereocenters. The number of hydrogen-bond acceptors (Lipinski definition) is 3. The molecule has 1 atom stereocenters. The molecule has 2 saturated heterocycles. The second-order valence-corrected chi connectivity index (χ2v) is 7.07. The molecular weight excluding hydrogens is 300 g/mol. The summed E-state index contributed by atoms with van der Waals surface area (Å²) in [6.45, 7) is 4.49. The van der Waals surface area contributed by atoms with Crippen LogP contribution >= 0.6 is 0 Å². The number of likely N-dealkylation sites (tertiary alicyclic amines) is 2. The van der Waals surface area contributed by atoms with Crippen molar-refractivity contribution in [1.29, 1.82) is 0 Å². The van der Waals surface area contributed by atoms with Gasteiger partial charge in [-0.2, -0.15) is 0 Å². The molecule has 0 bridgehead atoms. The lowest BCUT2D eigenvalue weighted by Crippen LogP contribution is -2.45. The van der Waals surface area contributed by atoms with Gasteiger partial charge in [-0.25, -0.2) is 0 Å². The van der Waals surface area contributed by atoms with E-state index in [1.54, 1.807) is 7.11 Å². The first-order valence-corrected chi connectivity index (χ1v) is 9.45. The van der Waals surface area contributed by atoms with Crippen molar-refractivity contribution in [3.8, 4) is 5.75 Å². The first kappa shape index (κ1) is 17.3. The van der Waals surface area contributed by atoms with Gasteiger partial charge in [0, 0.05) is 24.7 Å². The summed E-state index contributed by atoms with van der Waals surface area (Å²) in [6.07, 6.45) is 8.65. The Balaban J connectivity index is 1.63. The third-order valence-corrected chi connectivity index (χ3v) is 5.43. The summed E-state index contributed by atoms with van der Waals surface area (Å²) in [6, 6.07) is 7.94. The number of rotatable bonds is 5. The molecule has 0 spiro atoms. The standard InChI is InChI=1S/C20H30N2O2/c1-24-19-10-7-8-17(16-19)20(23)22-14-6-3-9-18(22)11-15-21-12-4-2-5-13-21/h7-8,10,16,18H,2-6,9,11-15H2,1H3/t18-/m1/s1. The van der Waals surface area contributed by atoms with Gasteiger partial charge in [0.15, 0.2) is 0 Å². The Morgan fingerprint density at radius 2 is 1.92 bits per heavy atom. The highest BCUT2D eigenvalue weighted by atomic mass is 16.5. The predicted octanol–water partition coefficient (Wildman–Crippen LogP) is 3.57. The minimum Gasteiger partial charge on any atom is -0.497 e. The maximum Gasteiger partial charge on any atom is 0.254 e. The number of piperidine rings is 2. The minimum atomic E-state index is 0.164. The largest absolute Gasteiger partial charge is 0.497 e. The van der Waals surface area contributed by atoms with Crippen LogP contribution in [0.25, 0.3) is 0 Å². The van der Waals surface area contributed by atoms with Crippen LogP contribution in [0.1, 0.15) is 55.3 Å². The van der Waals surface area contributed by atoms with Gasteiger partial charge in [0.05, 0.1) is 7.11 Å². The molecule has 0 N–H and O–H groups in total. The monoisotopic (exact) mass is 330 g/mol. The number of nitrogens with zero attached hydrogens (tertiary/aromatic N) is 2. The van der Waals surface area contributed by atoms with E-state index in [1.165, 1.54) is 38.8 Å². The molecule has 0 radical (unpaired) electrons. The van der Waals surface area contributed by atoms with Crippen molar-refractivity contribution in [2.24, 2.45) is 0 Å². The van der Waals surface area contributed by atoms with E-state index in [4.69, 9.17) is 4.74 Å². The van der Waals surface area contributed by atoms with Crippen molar-refractivity contribution in [1.82, 2.24) is 9.80 Å². The van der Waals surface area contributed by atoms with Crippen molar-refractivity contribution in [3.05, 3.63) is 29.8 Å². The van der Waals surface area contributed by atoms with Gasteiger partial charge < -0.3 is 14.5 Å². The van der Waals surface area contributed by atoms with Crippen LogP contribution in [-0.2, 0) is 0 Å². The fourth-order valence-electron chi connectivity index (χ4n) is 4.00. The number of methoxy groups -OCH3 is 1. The van der Waals surface area contributed by atoms with Crippen LogP contribution < -0.4 is 4.74 Å². The van der Waals surface area contributed by atoms with Crippen LogP contribution in [0.5, 0.6) is 5.75 Å². The molecule has 2 aliphatic rings. The van der Waals surface area contributed by atoms with Crippen molar-refractivity contribution >= 4 is 5.91 Å². The predicted molar refractivity (Wildman–Crippen MR) is 96.6 cm³/mol. The van der Waals surface area contributed by atoms with E-state index >= 15 is 0 Å². The average Bonchev–Trinajstić information content (AvgIpc) is 2.67. The van der Waals surface area contributed by atoms with E-state index in [2.05, 4.69) is 9.80 Å². The summed E-state index contributed by atoms with van der Waals surface area (Å²) in [7, 11) is 1.64. The zero-order valence-electron chi connectivity index (χ0n) is 14.9. The molecule has 2 heterocycles. The van der Waals surface area contributed by atoms with E-state index < -0.39 is 0 Å². The Bertz CT molecular complexity index is 540. The third kappa shape index (κ3) is 4.29. The van der Waals surface area contributed by atoms with Gasteiger partial charge in [-0.1, -0.05) is 12.5 Å². The van der Waals surface area contributed by atoms with Crippen molar-refractivity contribution in [3.63, 3.8) is 0 Å². The van der Waals surface area contributed by atoms with Crippen LogP contribution in [0.4, 0.5) is 0 Å². The molecule has 4 heteroatoms. The summed E-state index contributed by atoms with van der Waals surface area (Å²) in [5.41, 5.74) is 0.749. The van der Waals surface area contributed by atoms with Crippen LogP contribution in [0.2, 0.25) is 0 Å². The van der Waals surface area contributed by atoms with Crippen LogP contribution in [0.3, 0.4) is 0 Å². The summed E-state index contributed by atoms with van der Waals surface area (Å²) in [5, 5.41) is 0. The molecule has 3 rings (SSSR count). The maximum absolute atomic E-state index is 13.0. The average molecular weight is 330 g/mol. The molecule has 24 heavy (non-hydrogen) atoms. The second-order valence-electron chi connectivity index (χ2n) is 7.07. The van der Waals surface area contributed by atoms with Gasteiger partial charge in [0.25, 0.3) is 5.91 Å². The molecule has 0 aliphatic carbocycles. The Labute approximate surface area is 145 Å². The lowest BCUT2D eigenvalue weighted by molar-refractivity contribution is 0.0579. The number of benzene rings is 1. The Hall–Kier alpha value is -1.55. The fourth-order valence-corrected chi connectivity index (χ4v) is 4.00. The van der Waals surface area contributed by atoms with Crippen LogP contribution in [-0.4, -0.2) is 55.0 Å². The zero-order chi connectivity index (χ0) is 16.8. The van der Waals surface area contributed by atoms with Gasteiger partial charge in [0.2, 0.25) is 0 Å². The molecule has 1 amide bonds. The molecule has 1 aromatic carbocycles. The first-order valence-electron chi connectivity index (χ1n) is 9.45. The van der Waals surface area contributed by atoms with E-state index in [0.717, 1.165) is 43.7 Å². The van der Waals surface area contributed by atoms with Gasteiger partial charge in [-0.3, -0.25) is 4.79 Å². The van der Waals surface area contributed by atoms with Crippen molar-refractivity contribution in [2.45, 2.75) is 51.0 Å². The van der Waals surface area contributed by atoms with E-state index in [1.807, 2.05) is 24.3 Å². The summed E-state index contributed by atoms with van der Waals surface area (Å²) in [4.78, 5) is 17.7. The number of carbonyl (C=O) groups excluding carboxylic acids is 1. The normalized spacial score (nSPS) is 22.4. The van der Waals surface area contributed by atoms with Gasteiger partial charge in [-0.15, -0.1) is 0 Å². The molecule has 4 nitrogen and oxygen atoms in total. The Kier molecular flexibility index (Phi) is 6.13. The van der Waals surface area contributed by atoms with Crippen LogP contribution in [0, 0.1) is 0 Å². The molecule has 132 valence electrons. The van der Waals surface area contributed by atoms with Gasteiger partial charge in [-0.05, 0) is 69.8 Å². The van der Waals surface area contributed by atoms with E-state index in [9.17, 15) is 4.79 Å². The van der Waals surface area contributed by atoms with E-state index in [0.29, 0.717) is 6.04 Å². The third-order valence-electron chi connectivity index (χ3n) is 5.43. The van der Waals surface area contributed by atoms with Crippen molar-refractivity contribution < 1.29 is 9.53 Å². The Morgan fingerprint density at radius 3 is 2.71 bits per heavy atom. The number of carbonyl (C=O) groups is 1. The summed E-state index contributed by atoms with van der Waals surface area (Å²) in [5.74, 6) is 0.917. The zero-order valence-corrected chi connectivity index (χ0v) is 14.9. The lowest BCUT2D eigenvalue weighted by atomic mass is 9.97. The molecule has 1 aromatic rings.